The van der Waals surface area contributed by atoms with E-state index in [2.05, 4.69) is 69.3 Å². The highest BCUT2D eigenvalue weighted by Gasteiger charge is 2.09. The molecule has 3 rings (SSSR count). The maximum Gasteiger partial charge on any atom is 0.249 e. The number of aryl methyl sites for hydroxylation is 1. The predicted molar refractivity (Wildman–Crippen MR) is 122 cm³/mol. The van der Waals surface area contributed by atoms with Crippen LogP contribution in [0, 0.1) is 6.92 Å². The summed E-state index contributed by atoms with van der Waals surface area (Å²) in [5.74, 6) is 0.687. The average Bonchev–Trinajstić information content (AvgIpc) is 3.23. The van der Waals surface area contributed by atoms with E-state index >= 15 is 0 Å². The van der Waals surface area contributed by atoms with Crippen LogP contribution in [0.25, 0.3) is 11.4 Å². The van der Waals surface area contributed by atoms with Crippen LogP contribution >= 0.6 is 11.5 Å². The van der Waals surface area contributed by atoms with Gasteiger partial charge in [0.25, 0.3) is 0 Å². The fourth-order valence-corrected chi connectivity index (χ4v) is 3.44. The fraction of sp³-hybridized carbons (Fsp3) is 0.364. The summed E-state index contributed by atoms with van der Waals surface area (Å²) in [6.07, 6.45) is 0. The van der Waals surface area contributed by atoms with Crippen LogP contribution in [0.5, 0.6) is 0 Å². The van der Waals surface area contributed by atoms with Crippen LogP contribution in [0.4, 0.5) is 16.5 Å². The average molecular weight is 409 g/mol. The molecule has 0 saturated heterocycles. The van der Waals surface area contributed by atoms with Gasteiger partial charge in [0.15, 0.2) is 5.82 Å². The van der Waals surface area contributed by atoms with Crippen molar-refractivity contribution in [3.63, 3.8) is 0 Å². The molecule has 0 saturated carbocycles. The van der Waals surface area contributed by atoms with E-state index in [0.717, 1.165) is 43.0 Å². The van der Waals surface area contributed by atoms with E-state index in [1.165, 1.54) is 17.2 Å². The molecule has 0 aliphatic carbocycles. The molecule has 6 nitrogen and oxygen atoms in total. The van der Waals surface area contributed by atoms with Crippen molar-refractivity contribution in [3.05, 3.63) is 54.1 Å². The van der Waals surface area contributed by atoms with Gasteiger partial charge in [0.05, 0.1) is 5.69 Å². The second-order valence-electron chi connectivity index (χ2n) is 6.91. The van der Waals surface area contributed by atoms with Gasteiger partial charge in [-0.2, -0.15) is 9.36 Å². The summed E-state index contributed by atoms with van der Waals surface area (Å²) in [6.45, 7) is 10.5. The van der Waals surface area contributed by atoms with Crippen LogP contribution in [0.2, 0.25) is 0 Å². The molecule has 0 unspecified atom stereocenters. The minimum Gasteiger partial charge on any atom is -0.371 e. The number of hydrogen-bond donors (Lipinski definition) is 0. The largest absolute Gasteiger partial charge is 0.371 e. The number of hydrogen-bond acceptors (Lipinski definition) is 7. The van der Waals surface area contributed by atoms with E-state index in [4.69, 9.17) is 0 Å². The fourth-order valence-electron chi connectivity index (χ4n) is 2.93. The number of aromatic nitrogens is 2. The van der Waals surface area contributed by atoms with Gasteiger partial charge >= 0.3 is 0 Å². The Hall–Kier alpha value is -2.64. The van der Waals surface area contributed by atoms with E-state index in [-0.39, 0.29) is 0 Å². The summed E-state index contributed by atoms with van der Waals surface area (Å²) in [5, 5.41) is 9.26. The molecule has 3 aromatic rings. The van der Waals surface area contributed by atoms with Crippen molar-refractivity contribution in [2.24, 2.45) is 10.2 Å². The van der Waals surface area contributed by atoms with Crippen molar-refractivity contribution in [2.75, 3.05) is 38.1 Å². The maximum absolute atomic E-state index is 4.47. The topological polar surface area (TPSA) is 57.0 Å². The molecule has 0 fully saturated rings. The Labute approximate surface area is 177 Å². The Bertz CT molecular complexity index is 937. The minimum atomic E-state index is 0.560. The smallest absolute Gasteiger partial charge is 0.249 e. The molecule has 1 heterocycles. The third-order valence-corrected chi connectivity index (χ3v) is 5.51. The highest BCUT2D eigenvalue weighted by Crippen LogP contribution is 2.28. The van der Waals surface area contributed by atoms with Crippen LogP contribution in [-0.4, -0.2) is 47.5 Å². The van der Waals surface area contributed by atoms with Gasteiger partial charge in [-0.1, -0.05) is 37.3 Å². The summed E-state index contributed by atoms with van der Waals surface area (Å²) < 4.78 is 4.38. The molecule has 0 N–H and O–H groups in total. The maximum atomic E-state index is 4.47. The first kappa shape index (κ1) is 21.1. The van der Waals surface area contributed by atoms with Crippen LogP contribution in [0.1, 0.15) is 19.4 Å². The summed E-state index contributed by atoms with van der Waals surface area (Å²) in [7, 11) is 2.15. The second kappa shape index (κ2) is 10.2. The van der Waals surface area contributed by atoms with Crippen molar-refractivity contribution in [3.8, 4) is 11.4 Å². The molecular formula is C22H28N6S. The number of anilines is 1. The van der Waals surface area contributed by atoms with Crippen LogP contribution < -0.4 is 4.90 Å². The summed E-state index contributed by atoms with van der Waals surface area (Å²) >= 11 is 1.26. The molecular weight excluding hydrogens is 380 g/mol. The van der Waals surface area contributed by atoms with Crippen molar-refractivity contribution in [1.29, 1.82) is 0 Å². The quantitative estimate of drug-likeness (QED) is 0.426. The normalized spacial score (nSPS) is 11.5. The molecule has 152 valence electrons. The molecule has 0 radical (unpaired) electrons. The number of likely N-dealkylation sites (N-methyl/N-ethyl adjacent to an activating group) is 2. The predicted octanol–water partition coefficient (Wildman–Crippen LogP) is 5.71. The molecule has 7 heteroatoms. The molecule has 1 aromatic heterocycles. The Morgan fingerprint density at radius 2 is 1.76 bits per heavy atom. The van der Waals surface area contributed by atoms with Gasteiger partial charge in [0, 0.05) is 42.4 Å². The van der Waals surface area contributed by atoms with E-state index in [0.29, 0.717) is 11.0 Å². The molecule has 29 heavy (non-hydrogen) atoms. The second-order valence-corrected chi connectivity index (χ2v) is 7.64. The van der Waals surface area contributed by atoms with Crippen LogP contribution in [0.15, 0.2) is 58.8 Å². The Balaban J connectivity index is 1.69. The van der Waals surface area contributed by atoms with Gasteiger partial charge in [-0.3, -0.25) is 0 Å². The summed E-state index contributed by atoms with van der Waals surface area (Å²) in [4.78, 5) is 9.18. The van der Waals surface area contributed by atoms with E-state index in [1.807, 2.05) is 36.4 Å². The molecule has 2 aromatic carbocycles. The Morgan fingerprint density at radius 3 is 2.45 bits per heavy atom. The molecule has 0 spiro atoms. The summed E-state index contributed by atoms with van der Waals surface area (Å²) in [6, 6.07) is 16.2. The molecule has 0 aliphatic rings. The van der Waals surface area contributed by atoms with Gasteiger partial charge in [-0.05, 0) is 51.2 Å². The van der Waals surface area contributed by atoms with E-state index in [1.54, 1.807) is 0 Å². The zero-order chi connectivity index (χ0) is 20.6. The number of nitrogens with zero attached hydrogens (tertiary/aromatic N) is 6. The van der Waals surface area contributed by atoms with Gasteiger partial charge in [0.2, 0.25) is 5.13 Å². The highest BCUT2D eigenvalue weighted by atomic mass is 32.1. The first-order valence-electron chi connectivity index (χ1n) is 9.95. The van der Waals surface area contributed by atoms with Crippen molar-refractivity contribution < 1.29 is 0 Å². The van der Waals surface area contributed by atoms with Crippen molar-refractivity contribution in [2.45, 2.75) is 20.8 Å². The standard InChI is InChI=1S/C22H28N6S/c1-5-27(4)14-15-28(6-2)19-12-13-20(17(3)16-19)24-25-22-23-21(26-29-22)18-10-8-7-9-11-18/h7-13,16H,5-6,14-15H2,1-4H3. The van der Waals surface area contributed by atoms with Gasteiger partial charge in [0.1, 0.15) is 0 Å². The summed E-state index contributed by atoms with van der Waals surface area (Å²) in [5.41, 5.74) is 4.16. The lowest BCUT2D eigenvalue weighted by Crippen LogP contribution is -2.33. The number of benzene rings is 2. The zero-order valence-electron chi connectivity index (χ0n) is 17.5. The van der Waals surface area contributed by atoms with Crippen LogP contribution in [0.3, 0.4) is 0 Å². The SMILES string of the molecule is CCN(C)CCN(CC)c1ccc(N=Nc2nc(-c3ccccc3)ns2)c(C)c1. The number of azo groups is 1. The minimum absolute atomic E-state index is 0.560. The lowest BCUT2D eigenvalue weighted by Gasteiger charge is -2.26. The molecule has 0 amide bonds. The Morgan fingerprint density at radius 1 is 0.966 bits per heavy atom. The van der Waals surface area contributed by atoms with E-state index in [9.17, 15) is 0 Å². The van der Waals surface area contributed by atoms with Gasteiger partial charge < -0.3 is 9.80 Å². The van der Waals surface area contributed by atoms with Gasteiger partial charge in [-0.15, -0.1) is 10.2 Å². The first-order chi connectivity index (χ1) is 14.1. The third-order valence-electron chi connectivity index (χ3n) is 4.91. The highest BCUT2D eigenvalue weighted by molar-refractivity contribution is 7.09. The molecule has 0 atom stereocenters. The van der Waals surface area contributed by atoms with Gasteiger partial charge in [-0.25, -0.2) is 0 Å². The zero-order valence-corrected chi connectivity index (χ0v) is 18.4. The molecule has 0 aliphatic heterocycles. The van der Waals surface area contributed by atoms with Crippen molar-refractivity contribution in [1.82, 2.24) is 14.3 Å². The lowest BCUT2D eigenvalue weighted by molar-refractivity contribution is 0.359. The first-order valence-corrected chi connectivity index (χ1v) is 10.7. The monoisotopic (exact) mass is 408 g/mol. The molecule has 0 bridgehead atoms. The lowest BCUT2D eigenvalue weighted by atomic mass is 10.1. The number of rotatable bonds is 9. The Kier molecular flexibility index (Phi) is 7.43. The van der Waals surface area contributed by atoms with Crippen molar-refractivity contribution >= 4 is 28.0 Å². The van der Waals surface area contributed by atoms with E-state index < -0.39 is 0 Å². The third kappa shape index (κ3) is 5.68. The van der Waals surface area contributed by atoms with Crippen LogP contribution in [-0.2, 0) is 0 Å².